The number of aliphatic hydroxyl groups is 1. The van der Waals surface area contributed by atoms with Crippen LogP contribution < -0.4 is 0 Å². The van der Waals surface area contributed by atoms with Crippen LogP contribution in [0.15, 0.2) is 0 Å². The lowest BCUT2D eigenvalue weighted by Crippen LogP contribution is -2.07. The summed E-state index contributed by atoms with van der Waals surface area (Å²) in [4.78, 5) is 0. The van der Waals surface area contributed by atoms with E-state index in [9.17, 15) is 0 Å². The van der Waals surface area contributed by atoms with Crippen LogP contribution in [0, 0.1) is 23.2 Å². The van der Waals surface area contributed by atoms with Crippen LogP contribution in [0.4, 0.5) is 0 Å². The first-order valence-corrected chi connectivity index (χ1v) is 3.75. The zero-order valence-corrected chi connectivity index (χ0v) is 6.67. The normalized spacial score (nSPS) is 15.8. The minimum atomic E-state index is -0.157. The van der Waals surface area contributed by atoms with Crippen molar-refractivity contribution in [2.75, 3.05) is 6.61 Å². The van der Waals surface area contributed by atoms with Crippen LogP contribution in [0.5, 0.6) is 0 Å². The molecule has 0 aliphatic heterocycles. The van der Waals surface area contributed by atoms with E-state index in [0.29, 0.717) is 5.92 Å². The molecule has 2 heteroatoms. The van der Waals surface area contributed by atoms with Gasteiger partial charge >= 0.3 is 0 Å². The monoisotopic (exact) mass is 141 g/mol. The van der Waals surface area contributed by atoms with Gasteiger partial charge in [0.2, 0.25) is 0 Å². The highest BCUT2D eigenvalue weighted by Crippen LogP contribution is 2.13. The van der Waals surface area contributed by atoms with E-state index in [1.807, 2.05) is 0 Å². The summed E-state index contributed by atoms with van der Waals surface area (Å²) >= 11 is 0. The van der Waals surface area contributed by atoms with Crippen LogP contribution >= 0.6 is 0 Å². The van der Waals surface area contributed by atoms with Crippen molar-refractivity contribution in [2.24, 2.45) is 11.8 Å². The zero-order valence-electron chi connectivity index (χ0n) is 6.67. The van der Waals surface area contributed by atoms with Crippen molar-refractivity contribution in [1.29, 1.82) is 5.26 Å². The molecule has 0 amide bonds. The summed E-state index contributed by atoms with van der Waals surface area (Å²) in [5, 5.41) is 17.1. The number of nitriles is 1. The van der Waals surface area contributed by atoms with Gasteiger partial charge < -0.3 is 5.11 Å². The molecule has 0 spiro atoms. The lowest BCUT2D eigenvalue weighted by Gasteiger charge is -2.10. The average molecular weight is 141 g/mol. The second-order valence-corrected chi connectivity index (χ2v) is 2.76. The second kappa shape index (κ2) is 5.25. The molecule has 0 aliphatic rings. The van der Waals surface area contributed by atoms with Gasteiger partial charge in [-0.25, -0.2) is 0 Å². The maximum atomic E-state index is 8.65. The minimum Gasteiger partial charge on any atom is -0.395 e. The number of nitrogens with zero attached hydrogens (tertiary/aromatic N) is 1. The highest BCUT2D eigenvalue weighted by molar-refractivity contribution is 4.82. The largest absolute Gasteiger partial charge is 0.395 e. The molecule has 0 radical (unpaired) electrons. The molecule has 0 bridgehead atoms. The van der Waals surface area contributed by atoms with Crippen molar-refractivity contribution >= 4 is 0 Å². The van der Waals surface area contributed by atoms with Crippen molar-refractivity contribution < 1.29 is 5.11 Å². The van der Waals surface area contributed by atoms with Crippen molar-refractivity contribution in [3.05, 3.63) is 0 Å². The van der Waals surface area contributed by atoms with Crippen LogP contribution in [0.2, 0.25) is 0 Å². The third-order valence-electron chi connectivity index (χ3n) is 1.79. The summed E-state index contributed by atoms with van der Waals surface area (Å²) in [6, 6.07) is 2.07. The van der Waals surface area contributed by atoms with Crippen LogP contribution in [0.1, 0.15) is 26.7 Å². The molecule has 10 heavy (non-hydrogen) atoms. The fourth-order valence-electron chi connectivity index (χ4n) is 0.820. The van der Waals surface area contributed by atoms with Gasteiger partial charge in [0.1, 0.15) is 0 Å². The molecule has 0 aliphatic carbocycles. The predicted molar refractivity (Wildman–Crippen MR) is 40.3 cm³/mol. The Balaban J connectivity index is 3.54. The average Bonchev–Trinajstić information content (AvgIpc) is 1.99. The molecule has 0 aromatic carbocycles. The van der Waals surface area contributed by atoms with Gasteiger partial charge in [-0.2, -0.15) is 5.26 Å². The number of rotatable bonds is 4. The van der Waals surface area contributed by atoms with E-state index in [0.717, 1.165) is 12.8 Å². The molecule has 0 fully saturated rings. The Bertz CT molecular complexity index is 117. The Morgan fingerprint density at radius 2 is 2.20 bits per heavy atom. The lowest BCUT2D eigenvalue weighted by atomic mass is 9.96. The summed E-state index contributed by atoms with van der Waals surface area (Å²) in [7, 11) is 0. The third-order valence-corrected chi connectivity index (χ3v) is 1.79. The van der Waals surface area contributed by atoms with Gasteiger partial charge in [-0.1, -0.05) is 20.3 Å². The standard InChI is InChI=1S/C8H15NO/c1-3-7(2)4-8(5-9)6-10/h7-8,10H,3-4,6H2,1-2H3. The zero-order chi connectivity index (χ0) is 7.98. The Kier molecular flexibility index (Phi) is 4.96. The smallest absolute Gasteiger partial charge is 0.0697 e. The van der Waals surface area contributed by atoms with E-state index in [2.05, 4.69) is 19.9 Å². The Morgan fingerprint density at radius 1 is 1.60 bits per heavy atom. The van der Waals surface area contributed by atoms with Crippen LogP contribution in [0.3, 0.4) is 0 Å². The van der Waals surface area contributed by atoms with E-state index >= 15 is 0 Å². The second-order valence-electron chi connectivity index (χ2n) is 2.76. The summed E-state index contributed by atoms with van der Waals surface area (Å²) < 4.78 is 0. The summed E-state index contributed by atoms with van der Waals surface area (Å²) in [5.74, 6) is 0.395. The third kappa shape index (κ3) is 3.47. The van der Waals surface area contributed by atoms with E-state index in [4.69, 9.17) is 10.4 Å². The summed E-state index contributed by atoms with van der Waals surface area (Å²) in [6.07, 6.45) is 1.90. The molecule has 0 aromatic rings. The van der Waals surface area contributed by atoms with Crippen LogP contribution in [-0.2, 0) is 0 Å². The van der Waals surface area contributed by atoms with Crippen LogP contribution in [0.25, 0.3) is 0 Å². The topological polar surface area (TPSA) is 44.0 Å². The molecule has 0 saturated heterocycles. The SMILES string of the molecule is CCC(C)CC(C#N)CO. The minimum absolute atomic E-state index is 0.000833. The van der Waals surface area contributed by atoms with Crippen molar-refractivity contribution in [2.45, 2.75) is 26.7 Å². The first-order valence-electron chi connectivity index (χ1n) is 3.75. The maximum Gasteiger partial charge on any atom is 0.0697 e. The van der Waals surface area contributed by atoms with Gasteiger partial charge in [0.25, 0.3) is 0 Å². The fraction of sp³-hybridized carbons (Fsp3) is 0.875. The molecule has 2 nitrogen and oxygen atoms in total. The van der Waals surface area contributed by atoms with Gasteiger partial charge in [0.05, 0.1) is 18.6 Å². The molecule has 0 saturated carbocycles. The van der Waals surface area contributed by atoms with Gasteiger partial charge in [0.15, 0.2) is 0 Å². The van der Waals surface area contributed by atoms with Gasteiger partial charge in [-0.15, -0.1) is 0 Å². The van der Waals surface area contributed by atoms with Crippen LogP contribution in [-0.4, -0.2) is 11.7 Å². The van der Waals surface area contributed by atoms with Crippen molar-refractivity contribution in [1.82, 2.24) is 0 Å². The van der Waals surface area contributed by atoms with Gasteiger partial charge in [-0.3, -0.25) is 0 Å². The molecular formula is C8H15NO. The Labute approximate surface area is 62.5 Å². The molecule has 2 unspecified atom stereocenters. The highest BCUT2D eigenvalue weighted by Gasteiger charge is 2.09. The predicted octanol–water partition coefficient (Wildman–Crippen LogP) is 1.55. The first-order chi connectivity index (χ1) is 4.74. The van der Waals surface area contributed by atoms with Gasteiger partial charge in [-0.05, 0) is 12.3 Å². The fourth-order valence-corrected chi connectivity index (χ4v) is 0.820. The molecule has 0 rings (SSSR count). The van der Waals surface area contributed by atoms with E-state index < -0.39 is 0 Å². The summed E-state index contributed by atoms with van der Waals surface area (Å²) in [5.41, 5.74) is 0. The van der Waals surface area contributed by atoms with E-state index in [1.165, 1.54) is 0 Å². The number of hydrogen-bond acceptors (Lipinski definition) is 2. The molecular weight excluding hydrogens is 126 g/mol. The first kappa shape index (κ1) is 9.45. The summed E-state index contributed by atoms with van der Waals surface area (Å²) in [6.45, 7) is 4.19. The molecule has 0 aromatic heterocycles. The van der Waals surface area contributed by atoms with Crippen molar-refractivity contribution in [3.8, 4) is 6.07 Å². The van der Waals surface area contributed by atoms with E-state index in [-0.39, 0.29) is 12.5 Å². The molecule has 2 atom stereocenters. The van der Waals surface area contributed by atoms with E-state index in [1.54, 1.807) is 0 Å². The van der Waals surface area contributed by atoms with Crippen molar-refractivity contribution in [3.63, 3.8) is 0 Å². The quantitative estimate of drug-likeness (QED) is 0.645. The van der Waals surface area contributed by atoms with Gasteiger partial charge in [0, 0.05) is 0 Å². The number of aliphatic hydroxyl groups excluding tert-OH is 1. The molecule has 0 heterocycles. The maximum absolute atomic E-state index is 8.65. The number of hydrogen-bond donors (Lipinski definition) is 1. The molecule has 58 valence electrons. The highest BCUT2D eigenvalue weighted by atomic mass is 16.3. The Hall–Kier alpha value is -0.550. The molecule has 1 N–H and O–H groups in total. The lowest BCUT2D eigenvalue weighted by molar-refractivity contribution is 0.235. The Morgan fingerprint density at radius 3 is 2.50 bits per heavy atom.